The molecule has 1 aliphatic heterocycles. The number of benzene rings is 2. The van der Waals surface area contributed by atoms with Crippen LogP contribution in [0.1, 0.15) is 15.9 Å². The number of carbonyl (C=O) groups excluding carboxylic acids is 1. The van der Waals surface area contributed by atoms with Gasteiger partial charge in [-0.2, -0.15) is 0 Å². The largest absolute Gasteiger partial charge is 0.359 e. The zero-order chi connectivity index (χ0) is 19.6. The van der Waals surface area contributed by atoms with Gasteiger partial charge in [0.2, 0.25) is 0 Å². The number of aryl methyl sites for hydroxylation is 1. The standard InChI is InChI=1S/C19H21ClN4O3/c1-13-11-14(3-5-17(13)24(26)27)19(25)21-16-12-15(20)4-6-18(16)23-9-7-22(2)8-10-23/h3-6,11-12H,7-10H2,1-2H3,(H,21,25)/p+1. The van der Waals surface area contributed by atoms with Gasteiger partial charge in [-0.1, -0.05) is 11.6 Å². The van der Waals surface area contributed by atoms with Crippen LogP contribution < -0.4 is 15.1 Å². The molecular formula is C19H22ClN4O3+. The van der Waals surface area contributed by atoms with Crippen LogP contribution >= 0.6 is 11.6 Å². The van der Waals surface area contributed by atoms with E-state index >= 15 is 0 Å². The zero-order valence-electron chi connectivity index (χ0n) is 15.3. The molecule has 8 heteroatoms. The molecule has 1 aliphatic rings. The molecule has 1 saturated heterocycles. The summed E-state index contributed by atoms with van der Waals surface area (Å²) >= 11 is 6.14. The summed E-state index contributed by atoms with van der Waals surface area (Å²) in [6.07, 6.45) is 0. The smallest absolute Gasteiger partial charge is 0.272 e. The number of halogens is 1. The van der Waals surface area contributed by atoms with E-state index in [0.717, 1.165) is 31.9 Å². The summed E-state index contributed by atoms with van der Waals surface area (Å²) in [6, 6.07) is 9.80. The maximum Gasteiger partial charge on any atom is 0.272 e. The van der Waals surface area contributed by atoms with Crippen LogP contribution in [0.4, 0.5) is 17.1 Å². The highest BCUT2D eigenvalue weighted by Crippen LogP contribution is 2.30. The fraction of sp³-hybridized carbons (Fsp3) is 0.316. The fourth-order valence-corrected chi connectivity index (χ4v) is 3.38. The first-order valence-corrected chi connectivity index (χ1v) is 9.15. The number of nitrogens with one attached hydrogen (secondary N) is 2. The zero-order valence-corrected chi connectivity index (χ0v) is 16.0. The third kappa shape index (κ3) is 4.37. The Morgan fingerprint density at radius 3 is 2.56 bits per heavy atom. The van der Waals surface area contributed by atoms with E-state index in [9.17, 15) is 14.9 Å². The Labute approximate surface area is 162 Å². The Morgan fingerprint density at radius 1 is 1.22 bits per heavy atom. The number of rotatable bonds is 4. The van der Waals surface area contributed by atoms with Crippen molar-refractivity contribution < 1.29 is 14.6 Å². The Bertz CT molecular complexity index is 879. The second-order valence-corrected chi connectivity index (χ2v) is 7.25. The van der Waals surface area contributed by atoms with E-state index in [0.29, 0.717) is 21.8 Å². The van der Waals surface area contributed by atoms with Gasteiger partial charge in [-0.05, 0) is 37.3 Å². The molecule has 7 nitrogen and oxygen atoms in total. The van der Waals surface area contributed by atoms with E-state index in [1.54, 1.807) is 13.0 Å². The number of anilines is 2. The molecule has 0 saturated carbocycles. The number of carbonyl (C=O) groups is 1. The lowest BCUT2D eigenvalue weighted by Crippen LogP contribution is -3.12. The summed E-state index contributed by atoms with van der Waals surface area (Å²) in [7, 11) is 2.17. The minimum absolute atomic E-state index is 0.00469. The van der Waals surface area contributed by atoms with Gasteiger partial charge in [0.05, 0.1) is 49.5 Å². The third-order valence-electron chi connectivity index (χ3n) is 4.82. The van der Waals surface area contributed by atoms with Crippen molar-refractivity contribution in [3.05, 3.63) is 62.7 Å². The minimum Gasteiger partial charge on any atom is -0.359 e. The Hall–Kier alpha value is -2.64. The van der Waals surface area contributed by atoms with Crippen LogP contribution in [0, 0.1) is 17.0 Å². The molecule has 3 rings (SSSR count). The molecule has 2 aromatic rings. The quantitative estimate of drug-likeness (QED) is 0.620. The fourth-order valence-electron chi connectivity index (χ4n) is 3.21. The molecule has 1 heterocycles. The van der Waals surface area contributed by atoms with E-state index in [1.807, 2.05) is 12.1 Å². The summed E-state index contributed by atoms with van der Waals surface area (Å²) in [5.41, 5.74) is 2.38. The molecule has 142 valence electrons. The molecule has 0 aliphatic carbocycles. The van der Waals surface area contributed by atoms with Crippen molar-refractivity contribution in [2.45, 2.75) is 6.92 Å². The summed E-state index contributed by atoms with van der Waals surface area (Å²) in [4.78, 5) is 26.9. The number of hydrogen-bond donors (Lipinski definition) is 2. The van der Waals surface area contributed by atoms with Crippen molar-refractivity contribution in [1.29, 1.82) is 0 Å². The van der Waals surface area contributed by atoms with Gasteiger partial charge >= 0.3 is 0 Å². The van der Waals surface area contributed by atoms with E-state index in [2.05, 4.69) is 17.3 Å². The molecule has 0 radical (unpaired) electrons. The van der Waals surface area contributed by atoms with Crippen LogP contribution in [-0.2, 0) is 0 Å². The summed E-state index contributed by atoms with van der Waals surface area (Å²) in [5.74, 6) is -0.323. The van der Waals surface area contributed by atoms with E-state index in [1.165, 1.54) is 23.1 Å². The van der Waals surface area contributed by atoms with Gasteiger partial charge in [-0.25, -0.2) is 0 Å². The molecular weight excluding hydrogens is 368 g/mol. The number of quaternary nitrogens is 1. The number of nitrogens with zero attached hydrogens (tertiary/aromatic N) is 2. The number of nitro benzene ring substituents is 1. The molecule has 1 amide bonds. The average molecular weight is 390 g/mol. The highest BCUT2D eigenvalue weighted by atomic mass is 35.5. The number of piperazine rings is 1. The van der Waals surface area contributed by atoms with Crippen molar-refractivity contribution in [2.24, 2.45) is 0 Å². The summed E-state index contributed by atoms with van der Waals surface area (Å²) in [6.45, 7) is 5.46. The Kier molecular flexibility index (Phi) is 5.62. The first kappa shape index (κ1) is 19.1. The molecule has 0 atom stereocenters. The Balaban J connectivity index is 1.84. The minimum atomic E-state index is -0.457. The van der Waals surface area contributed by atoms with Crippen molar-refractivity contribution in [2.75, 3.05) is 43.4 Å². The van der Waals surface area contributed by atoms with Gasteiger partial charge < -0.3 is 15.1 Å². The highest BCUT2D eigenvalue weighted by molar-refractivity contribution is 6.31. The SMILES string of the molecule is Cc1cc(C(=O)Nc2cc(Cl)ccc2N2CC[NH+](C)CC2)ccc1[N+](=O)[O-]. The molecule has 0 spiro atoms. The van der Waals surface area contributed by atoms with Gasteiger partial charge in [0.15, 0.2) is 0 Å². The number of nitro groups is 1. The third-order valence-corrected chi connectivity index (χ3v) is 5.06. The van der Waals surface area contributed by atoms with Gasteiger partial charge in [-0.3, -0.25) is 14.9 Å². The van der Waals surface area contributed by atoms with Crippen molar-refractivity contribution in [3.8, 4) is 0 Å². The topological polar surface area (TPSA) is 79.9 Å². The van der Waals surface area contributed by atoms with Crippen LogP contribution in [0.3, 0.4) is 0 Å². The number of amides is 1. The lowest BCUT2D eigenvalue weighted by molar-refractivity contribution is -0.880. The number of hydrogen-bond acceptors (Lipinski definition) is 4. The molecule has 0 unspecified atom stereocenters. The first-order chi connectivity index (χ1) is 12.8. The second-order valence-electron chi connectivity index (χ2n) is 6.82. The number of likely N-dealkylation sites (N-methyl/N-ethyl adjacent to an activating group) is 1. The van der Waals surface area contributed by atoms with Gasteiger partial charge in [-0.15, -0.1) is 0 Å². The maximum absolute atomic E-state index is 12.7. The molecule has 2 aromatic carbocycles. The predicted molar refractivity (Wildman–Crippen MR) is 106 cm³/mol. The van der Waals surface area contributed by atoms with Crippen molar-refractivity contribution in [1.82, 2.24) is 0 Å². The molecule has 1 fully saturated rings. The van der Waals surface area contributed by atoms with Crippen LogP contribution in [0.2, 0.25) is 5.02 Å². The van der Waals surface area contributed by atoms with Gasteiger partial charge in [0.25, 0.3) is 11.6 Å². The van der Waals surface area contributed by atoms with Crippen LogP contribution in [0.5, 0.6) is 0 Å². The van der Waals surface area contributed by atoms with E-state index in [4.69, 9.17) is 11.6 Å². The first-order valence-electron chi connectivity index (χ1n) is 8.77. The van der Waals surface area contributed by atoms with Gasteiger partial charge in [0.1, 0.15) is 0 Å². The summed E-state index contributed by atoms with van der Waals surface area (Å²) < 4.78 is 0. The van der Waals surface area contributed by atoms with Crippen molar-refractivity contribution >= 4 is 34.6 Å². The average Bonchev–Trinajstić information content (AvgIpc) is 2.62. The van der Waals surface area contributed by atoms with Crippen LogP contribution in [0.25, 0.3) is 0 Å². The highest BCUT2D eigenvalue weighted by Gasteiger charge is 2.21. The van der Waals surface area contributed by atoms with Crippen LogP contribution in [0.15, 0.2) is 36.4 Å². The van der Waals surface area contributed by atoms with Crippen molar-refractivity contribution in [3.63, 3.8) is 0 Å². The Morgan fingerprint density at radius 2 is 1.93 bits per heavy atom. The lowest BCUT2D eigenvalue weighted by Gasteiger charge is -2.33. The normalized spacial score (nSPS) is 14.9. The maximum atomic E-state index is 12.7. The molecule has 0 aromatic heterocycles. The lowest BCUT2D eigenvalue weighted by atomic mass is 10.1. The van der Waals surface area contributed by atoms with E-state index in [-0.39, 0.29) is 11.6 Å². The molecule has 0 bridgehead atoms. The molecule has 2 N–H and O–H groups in total. The monoisotopic (exact) mass is 389 g/mol. The molecule has 27 heavy (non-hydrogen) atoms. The summed E-state index contributed by atoms with van der Waals surface area (Å²) in [5, 5.41) is 14.4. The van der Waals surface area contributed by atoms with Crippen LogP contribution in [-0.4, -0.2) is 44.1 Å². The predicted octanol–water partition coefficient (Wildman–Crippen LogP) is 2.14. The van der Waals surface area contributed by atoms with E-state index < -0.39 is 4.92 Å². The van der Waals surface area contributed by atoms with Gasteiger partial charge in [0, 0.05) is 22.2 Å². The second kappa shape index (κ2) is 7.94.